The minimum atomic E-state index is -0.433. The van der Waals surface area contributed by atoms with Crippen molar-refractivity contribution in [3.05, 3.63) is 58.9 Å². The van der Waals surface area contributed by atoms with Crippen LogP contribution < -0.4 is 5.32 Å². The molecule has 1 saturated carbocycles. The smallest absolute Gasteiger partial charge is 0.254 e. The number of nitrogens with one attached hydrogen (secondary N) is 1. The summed E-state index contributed by atoms with van der Waals surface area (Å²) < 4.78 is 14.9. The van der Waals surface area contributed by atoms with E-state index in [-0.39, 0.29) is 17.9 Å². The highest BCUT2D eigenvalue weighted by Gasteiger charge is 2.37. The van der Waals surface area contributed by atoms with E-state index >= 15 is 0 Å². The lowest BCUT2D eigenvalue weighted by molar-refractivity contribution is 0.0646. The van der Waals surface area contributed by atoms with Gasteiger partial charge in [0.05, 0.1) is 0 Å². The first-order valence-electron chi connectivity index (χ1n) is 12.2. The van der Waals surface area contributed by atoms with E-state index in [1.54, 1.807) is 12.1 Å². The normalized spacial score (nSPS) is 21.3. The van der Waals surface area contributed by atoms with Gasteiger partial charge in [0, 0.05) is 54.5 Å². The van der Waals surface area contributed by atoms with E-state index < -0.39 is 5.82 Å². The molecular weight excluding hydrogens is 417 g/mol. The van der Waals surface area contributed by atoms with Gasteiger partial charge in [-0.2, -0.15) is 0 Å². The van der Waals surface area contributed by atoms with Gasteiger partial charge in [0.25, 0.3) is 11.8 Å². The van der Waals surface area contributed by atoms with Crippen LogP contribution in [0.15, 0.2) is 36.4 Å². The number of carbonyl (C=O) groups excluding carboxylic acids is 2. The number of hydrogen-bond donors (Lipinski definition) is 1. The lowest BCUT2D eigenvalue weighted by atomic mass is 9.91. The Morgan fingerprint density at radius 3 is 2.52 bits per heavy atom. The van der Waals surface area contributed by atoms with Gasteiger partial charge in [0.2, 0.25) is 0 Å². The van der Waals surface area contributed by atoms with E-state index in [0.717, 1.165) is 55.2 Å². The van der Waals surface area contributed by atoms with Crippen LogP contribution in [0.25, 0.3) is 11.1 Å². The molecule has 2 amide bonds. The molecule has 1 unspecified atom stereocenters. The lowest BCUT2D eigenvalue weighted by Crippen LogP contribution is -2.47. The molecule has 3 aliphatic rings. The molecular formula is C27H32FN3O2. The molecule has 0 spiro atoms. The maximum Gasteiger partial charge on any atom is 0.254 e. The second-order valence-corrected chi connectivity index (χ2v) is 9.97. The van der Waals surface area contributed by atoms with Gasteiger partial charge in [-0.25, -0.2) is 4.39 Å². The minimum Gasteiger partial charge on any atom is -0.350 e. The average molecular weight is 450 g/mol. The Hall–Kier alpha value is -2.73. The SMILES string of the molecule is CC(C)NC(=O)c1ccc(-c2ccc3c(c2)CCN(C2CCN(C4CCC4)C2)C3=O)c(F)c1. The number of halogens is 1. The Labute approximate surface area is 195 Å². The molecule has 0 radical (unpaired) electrons. The highest BCUT2D eigenvalue weighted by molar-refractivity contribution is 5.98. The number of likely N-dealkylation sites (tertiary alicyclic amines) is 1. The maximum absolute atomic E-state index is 14.9. The van der Waals surface area contributed by atoms with E-state index in [0.29, 0.717) is 17.2 Å². The largest absolute Gasteiger partial charge is 0.350 e. The molecule has 1 atom stereocenters. The Bertz CT molecular complexity index is 1080. The first kappa shape index (κ1) is 22.1. The second kappa shape index (κ2) is 8.90. The molecule has 2 aromatic rings. The molecule has 0 bridgehead atoms. The first-order chi connectivity index (χ1) is 15.9. The summed E-state index contributed by atoms with van der Waals surface area (Å²) in [7, 11) is 0. The molecule has 1 aliphatic carbocycles. The third-order valence-corrected chi connectivity index (χ3v) is 7.41. The highest BCUT2D eigenvalue weighted by Crippen LogP contribution is 2.33. The van der Waals surface area contributed by atoms with E-state index in [9.17, 15) is 14.0 Å². The Morgan fingerprint density at radius 1 is 1.03 bits per heavy atom. The number of rotatable bonds is 5. The zero-order valence-electron chi connectivity index (χ0n) is 19.4. The summed E-state index contributed by atoms with van der Waals surface area (Å²) >= 11 is 0. The number of fused-ring (bicyclic) bond motifs is 1. The van der Waals surface area contributed by atoms with Gasteiger partial charge in [-0.1, -0.05) is 24.6 Å². The third kappa shape index (κ3) is 4.29. The minimum absolute atomic E-state index is 0.0106. The molecule has 2 fully saturated rings. The molecule has 5 rings (SSSR count). The van der Waals surface area contributed by atoms with Crippen molar-refractivity contribution in [2.24, 2.45) is 0 Å². The summed E-state index contributed by atoms with van der Waals surface area (Å²) in [5, 5.41) is 2.78. The van der Waals surface area contributed by atoms with Gasteiger partial charge in [0.1, 0.15) is 5.82 Å². The summed E-state index contributed by atoms with van der Waals surface area (Å²) in [6.07, 6.45) is 5.76. The highest BCUT2D eigenvalue weighted by atomic mass is 19.1. The standard InChI is InChI=1S/C27H32FN3O2/c1-17(2)29-26(32)20-7-8-23(25(28)15-20)18-6-9-24-19(14-18)10-13-31(27(24)33)22-11-12-30(16-22)21-4-3-5-21/h6-9,14-15,17,21-22H,3-5,10-13,16H2,1-2H3,(H,29,32). The molecule has 2 aromatic carbocycles. The van der Waals surface area contributed by atoms with Gasteiger partial charge in [-0.05, 0) is 68.9 Å². The van der Waals surface area contributed by atoms with Gasteiger partial charge in [0.15, 0.2) is 0 Å². The number of hydrogen-bond acceptors (Lipinski definition) is 3. The molecule has 6 heteroatoms. The van der Waals surface area contributed by atoms with Crippen LogP contribution >= 0.6 is 0 Å². The zero-order valence-corrected chi connectivity index (χ0v) is 19.4. The molecule has 2 heterocycles. The first-order valence-corrected chi connectivity index (χ1v) is 12.2. The van der Waals surface area contributed by atoms with Gasteiger partial charge < -0.3 is 10.2 Å². The summed E-state index contributed by atoms with van der Waals surface area (Å²) in [5.74, 6) is -0.615. The molecule has 1 N–H and O–H groups in total. The quantitative estimate of drug-likeness (QED) is 0.742. The zero-order chi connectivity index (χ0) is 23.1. The van der Waals surface area contributed by atoms with Crippen LogP contribution in [0.5, 0.6) is 0 Å². The van der Waals surface area contributed by atoms with Crippen molar-refractivity contribution in [1.29, 1.82) is 0 Å². The van der Waals surface area contributed by atoms with Crippen LogP contribution in [0.3, 0.4) is 0 Å². The predicted octanol–water partition coefficient (Wildman–Crippen LogP) is 4.26. The van der Waals surface area contributed by atoms with Crippen LogP contribution in [0.1, 0.15) is 65.8 Å². The molecule has 2 aliphatic heterocycles. The van der Waals surface area contributed by atoms with Crippen molar-refractivity contribution in [2.45, 2.75) is 64.1 Å². The number of benzene rings is 2. The molecule has 5 nitrogen and oxygen atoms in total. The summed E-state index contributed by atoms with van der Waals surface area (Å²) in [6, 6.07) is 11.2. The van der Waals surface area contributed by atoms with Crippen LogP contribution in [-0.4, -0.2) is 59.4 Å². The van der Waals surface area contributed by atoms with E-state index in [2.05, 4.69) is 15.1 Å². The molecule has 1 saturated heterocycles. The number of amides is 2. The number of nitrogens with zero attached hydrogens (tertiary/aromatic N) is 2. The average Bonchev–Trinajstić information content (AvgIpc) is 3.21. The van der Waals surface area contributed by atoms with E-state index in [4.69, 9.17) is 0 Å². The predicted molar refractivity (Wildman–Crippen MR) is 127 cm³/mol. The van der Waals surface area contributed by atoms with Gasteiger partial charge in [-0.15, -0.1) is 0 Å². The fourth-order valence-electron chi connectivity index (χ4n) is 5.36. The van der Waals surface area contributed by atoms with Gasteiger partial charge >= 0.3 is 0 Å². The Morgan fingerprint density at radius 2 is 1.82 bits per heavy atom. The van der Waals surface area contributed by atoms with Crippen molar-refractivity contribution in [3.8, 4) is 11.1 Å². The van der Waals surface area contributed by atoms with Crippen LogP contribution in [0.4, 0.5) is 4.39 Å². The lowest BCUT2D eigenvalue weighted by Gasteiger charge is -2.37. The van der Waals surface area contributed by atoms with Crippen molar-refractivity contribution < 1.29 is 14.0 Å². The fourth-order valence-corrected chi connectivity index (χ4v) is 5.36. The second-order valence-electron chi connectivity index (χ2n) is 9.97. The van der Waals surface area contributed by atoms with Crippen molar-refractivity contribution in [1.82, 2.24) is 15.1 Å². The fraction of sp³-hybridized carbons (Fsp3) is 0.481. The molecule has 174 valence electrons. The molecule has 33 heavy (non-hydrogen) atoms. The van der Waals surface area contributed by atoms with Gasteiger partial charge in [-0.3, -0.25) is 14.5 Å². The van der Waals surface area contributed by atoms with E-state index in [1.165, 1.54) is 25.3 Å². The van der Waals surface area contributed by atoms with Crippen molar-refractivity contribution >= 4 is 11.8 Å². The van der Waals surface area contributed by atoms with Crippen molar-refractivity contribution in [3.63, 3.8) is 0 Å². The summed E-state index contributed by atoms with van der Waals surface area (Å²) in [4.78, 5) is 30.1. The van der Waals surface area contributed by atoms with Crippen LogP contribution in [0, 0.1) is 5.82 Å². The van der Waals surface area contributed by atoms with Crippen molar-refractivity contribution in [2.75, 3.05) is 19.6 Å². The Kier molecular flexibility index (Phi) is 5.95. The topological polar surface area (TPSA) is 52.7 Å². The van der Waals surface area contributed by atoms with Crippen LogP contribution in [0.2, 0.25) is 0 Å². The summed E-state index contributed by atoms with van der Waals surface area (Å²) in [6.45, 7) is 6.54. The maximum atomic E-state index is 14.9. The summed E-state index contributed by atoms with van der Waals surface area (Å²) in [5.41, 5.74) is 3.20. The monoisotopic (exact) mass is 449 g/mol. The van der Waals surface area contributed by atoms with E-state index in [1.807, 2.05) is 32.0 Å². The van der Waals surface area contributed by atoms with Crippen LogP contribution in [-0.2, 0) is 6.42 Å². The molecule has 0 aromatic heterocycles. The Balaban J connectivity index is 1.32. The third-order valence-electron chi connectivity index (χ3n) is 7.41. The number of carbonyl (C=O) groups is 2.